The lowest BCUT2D eigenvalue weighted by atomic mass is 10.2. The average Bonchev–Trinajstić information content (AvgIpc) is 3.39. The third-order valence-electron chi connectivity index (χ3n) is 5.17. The zero-order chi connectivity index (χ0) is 20.2. The summed E-state index contributed by atoms with van der Waals surface area (Å²) < 4.78 is 2.12. The van der Waals surface area contributed by atoms with Gasteiger partial charge in [-0.05, 0) is 61.1 Å². The molecule has 0 bridgehead atoms. The highest BCUT2D eigenvalue weighted by molar-refractivity contribution is 7.98. The largest absolute Gasteiger partial charge is 0.329 e. The van der Waals surface area contributed by atoms with Crippen molar-refractivity contribution in [2.75, 3.05) is 18.1 Å². The lowest BCUT2D eigenvalue weighted by Crippen LogP contribution is -2.35. The highest BCUT2D eigenvalue weighted by Gasteiger charge is 2.32. The fourth-order valence-corrected chi connectivity index (χ4v) is 4.22. The minimum Gasteiger partial charge on any atom is -0.329 e. The van der Waals surface area contributed by atoms with Crippen molar-refractivity contribution in [3.8, 4) is 0 Å². The number of nitrogens with one attached hydrogen (secondary N) is 1. The maximum absolute atomic E-state index is 12.9. The normalized spacial score (nSPS) is 16.2. The van der Waals surface area contributed by atoms with E-state index in [1.165, 1.54) is 4.90 Å². The van der Waals surface area contributed by atoms with Crippen LogP contribution in [0.25, 0.3) is 0 Å². The topological polar surface area (TPSA) is 50.2 Å². The van der Waals surface area contributed by atoms with E-state index in [1.54, 1.807) is 18.0 Å². The van der Waals surface area contributed by atoms with Crippen molar-refractivity contribution in [1.29, 1.82) is 0 Å². The molecule has 0 aliphatic carbocycles. The van der Waals surface area contributed by atoms with Crippen LogP contribution in [0, 0.1) is 0 Å². The Balaban J connectivity index is 1.48. The number of benzene rings is 2. The average molecular weight is 427 g/mol. The fraction of sp³-hybridized carbons (Fsp3) is 0.273. The van der Waals surface area contributed by atoms with E-state index in [-0.39, 0.29) is 12.1 Å². The molecule has 0 saturated carbocycles. The first kappa shape index (κ1) is 19.9. The molecule has 4 rings (SSSR count). The van der Waals surface area contributed by atoms with Gasteiger partial charge in [0.2, 0.25) is 0 Å². The zero-order valence-corrected chi connectivity index (χ0v) is 17.8. The van der Waals surface area contributed by atoms with Crippen molar-refractivity contribution in [2.24, 2.45) is 0 Å². The van der Waals surface area contributed by atoms with Gasteiger partial charge in [-0.2, -0.15) is 0 Å². The van der Waals surface area contributed by atoms with E-state index in [0.717, 1.165) is 41.5 Å². The van der Waals surface area contributed by atoms with Gasteiger partial charge in [-0.3, -0.25) is 0 Å². The molecule has 5 nitrogen and oxygen atoms in total. The second-order valence-corrected chi connectivity index (χ2v) is 8.37. The van der Waals surface area contributed by atoms with E-state index in [9.17, 15) is 4.79 Å². The standard InChI is InChI=1S/C22H23ClN4OS/c1-29-19-10-8-18(9-11-19)25-22(28)27-13-2-3-20(27)21-24-12-14-26(21)15-16-4-6-17(23)7-5-16/h4-12,14,20H,2-3,13,15H2,1H3,(H,25,28)/t20-/m1/s1. The monoisotopic (exact) mass is 426 g/mol. The molecule has 1 fully saturated rings. The zero-order valence-electron chi connectivity index (χ0n) is 16.2. The number of halogens is 1. The molecular formula is C22H23ClN4OS. The molecule has 1 N–H and O–H groups in total. The van der Waals surface area contributed by atoms with Crippen molar-refractivity contribution in [3.63, 3.8) is 0 Å². The van der Waals surface area contributed by atoms with Crippen molar-refractivity contribution in [2.45, 2.75) is 30.3 Å². The Bertz CT molecular complexity index is 971. The Labute approximate surface area is 180 Å². The summed E-state index contributed by atoms with van der Waals surface area (Å²) in [6, 6.07) is 15.6. The number of carbonyl (C=O) groups excluding carboxylic acids is 1. The molecule has 150 valence electrons. The van der Waals surface area contributed by atoms with Gasteiger partial charge < -0.3 is 14.8 Å². The minimum atomic E-state index is -0.0783. The Hall–Kier alpha value is -2.44. The highest BCUT2D eigenvalue weighted by atomic mass is 35.5. The smallest absolute Gasteiger partial charge is 0.322 e. The fourth-order valence-electron chi connectivity index (χ4n) is 3.69. The van der Waals surface area contributed by atoms with E-state index < -0.39 is 0 Å². The molecule has 29 heavy (non-hydrogen) atoms. The summed E-state index contributed by atoms with van der Waals surface area (Å²) in [6.07, 6.45) is 7.70. The molecule has 2 amide bonds. The second-order valence-electron chi connectivity index (χ2n) is 7.05. The number of hydrogen-bond donors (Lipinski definition) is 1. The molecule has 7 heteroatoms. The summed E-state index contributed by atoms with van der Waals surface area (Å²) in [5.74, 6) is 0.922. The van der Waals surface area contributed by atoms with Crippen molar-refractivity contribution < 1.29 is 4.79 Å². The number of imidazole rings is 1. The van der Waals surface area contributed by atoms with Gasteiger partial charge in [0.1, 0.15) is 5.82 Å². The number of anilines is 1. The summed E-state index contributed by atoms with van der Waals surface area (Å²) in [5, 5.41) is 3.75. The van der Waals surface area contributed by atoms with E-state index in [2.05, 4.69) is 14.9 Å². The number of amides is 2. The molecule has 2 heterocycles. The van der Waals surface area contributed by atoms with Crippen LogP contribution in [0.4, 0.5) is 10.5 Å². The maximum atomic E-state index is 12.9. The van der Waals surface area contributed by atoms with E-state index in [1.807, 2.05) is 65.9 Å². The highest BCUT2D eigenvalue weighted by Crippen LogP contribution is 2.32. The number of likely N-dealkylation sites (tertiary alicyclic amines) is 1. The lowest BCUT2D eigenvalue weighted by molar-refractivity contribution is 0.204. The first-order valence-electron chi connectivity index (χ1n) is 9.61. The third-order valence-corrected chi connectivity index (χ3v) is 6.16. The first-order valence-corrected chi connectivity index (χ1v) is 11.2. The minimum absolute atomic E-state index is 0.0252. The van der Waals surface area contributed by atoms with E-state index in [4.69, 9.17) is 11.6 Å². The van der Waals surface area contributed by atoms with Gasteiger partial charge in [0, 0.05) is 41.1 Å². The molecule has 0 radical (unpaired) electrons. The van der Waals surface area contributed by atoms with Crippen molar-refractivity contribution in [3.05, 3.63) is 77.3 Å². The molecule has 1 saturated heterocycles. The molecular weight excluding hydrogens is 404 g/mol. The number of rotatable bonds is 5. The van der Waals surface area contributed by atoms with Crippen LogP contribution in [0.15, 0.2) is 65.8 Å². The maximum Gasteiger partial charge on any atom is 0.322 e. The Morgan fingerprint density at radius 2 is 1.97 bits per heavy atom. The number of carbonyl (C=O) groups is 1. The van der Waals surface area contributed by atoms with Crippen molar-refractivity contribution in [1.82, 2.24) is 14.5 Å². The summed E-state index contributed by atoms with van der Waals surface area (Å²) >= 11 is 7.68. The molecule has 1 aliphatic heterocycles. The molecule has 3 aromatic rings. The molecule has 1 aromatic heterocycles. The van der Waals surface area contributed by atoms with Gasteiger partial charge in [0.05, 0.1) is 6.04 Å². The molecule has 0 unspecified atom stereocenters. The summed E-state index contributed by atoms with van der Waals surface area (Å²) in [5.41, 5.74) is 1.96. The Morgan fingerprint density at radius 3 is 2.69 bits per heavy atom. The third kappa shape index (κ3) is 4.60. The van der Waals surface area contributed by atoms with Crippen LogP contribution < -0.4 is 5.32 Å². The van der Waals surface area contributed by atoms with Gasteiger partial charge in [-0.25, -0.2) is 9.78 Å². The van der Waals surface area contributed by atoms with Crippen molar-refractivity contribution >= 4 is 35.1 Å². The van der Waals surface area contributed by atoms with Gasteiger partial charge in [0.15, 0.2) is 0 Å². The number of aromatic nitrogens is 2. The SMILES string of the molecule is CSc1ccc(NC(=O)N2CCC[C@@H]2c2nccn2Cc2ccc(Cl)cc2)cc1. The van der Waals surface area contributed by atoms with Crippen LogP contribution in [0.2, 0.25) is 5.02 Å². The Kier molecular flexibility index (Phi) is 6.11. The number of thioether (sulfide) groups is 1. The molecule has 2 aromatic carbocycles. The van der Waals surface area contributed by atoms with Crippen LogP contribution >= 0.6 is 23.4 Å². The van der Waals surface area contributed by atoms with Gasteiger partial charge in [-0.1, -0.05) is 23.7 Å². The summed E-state index contributed by atoms with van der Waals surface area (Å²) in [4.78, 5) is 20.6. The van der Waals surface area contributed by atoms with Crippen LogP contribution in [-0.2, 0) is 6.54 Å². The predicted octanol–water partition coefficient (Wildman–Crippen LogP) is 5.68. The lowest BCUT2D eigenvalue weighted by Gasteiger charge is -2.25. The van der Waals surface area contributed by atoms with Gasteiger partial charge >= 0.3 is 6.03 Å². The Morgan fingerprint density at radius 1 is 1.21 bits per heavy atom. The molecule has 0 spiro atoms. The molecule has 1 atom stereocenters. The number of urea groups is 1. The summed E-state index contributed by atoms with van der Waals surface area (Å²) in [6.45, 7) is 1.43. The number of nitrogens with zero attached hydrogens (tertiary/aromatic N) is 3. The first-order chi connectivity index (χ1) is 14.1. The van der Waals surface area contributed by atoms with Crippen LogP contribution in [0.1, 0.15) is 30.3 Å². The second kappa shape index (κ2) is 8.93. The number of hydrogen-bond acceptors (Lipinski definition) is 3. The summed E-state index contributed by atoms with van der Waals surface area (Å²) in [7, 11) is 0. The predicted molar refractivity (Wildman–Crippen MR) is 119 cm³/mol. The van der Waals surface area contributed by atoms with Crippen LogP contribution in [0.3, 0.4) is 0 Å². The quantitative estimate of drug-likeness (QED) is 0.534. The van der Waals surface area contributed by atoms with Crippen LogP contribution in [-0.4, -0.2) is 33.3 Å². The van der Waals surface area contributed by atoms with Crippen LogP contribution in [0.5, 0.6) is 0 Å². The van der Waals surface area contributed by atoms with E-state index in [0.29, 0.717) is 6.54 Å². The van der Waals surface area contributed by atoms with Gasteiger partial charge in [-0.15, -0.1) is 11.8 Å². The van der Waals surface area contributed by atoms with Gasteiger partial charge in [0.25, 0.3) is 0 Å². The van der Waals surface area contributed by atoms with E-state index >= 15 is 0 Å². The molecule has 1 aliphatic rings.